The van der Waals surface area contributed by atoms with E-state index < -0.39 is 0 Å². The van der Waals surface area contributed by atoms with Crippen LogP contribution in [0.25, 0.3) is 6.08 Å². The lowest BCUT2D eigenvalue weighted by atomic mass is 10.2. The number of ether oxygens (including phenoxy) is 4. The Morgan fingerprint density at radius 3 is 2.07 bits per heavy atom. The van der Waals surface area contributed by atoms with Gasteiger partial charge in [-0.3, -0.25) is 0 Å². The molecular weight excluding hydrogens is 340 g/mol. The van der Waals surface area contributed by atoms with Gasteiger partial charge in [0.15, 0.2) is 23.0 Å². The summed E-state index contributed by atoms with van der Waals surface area (Å²) in [5.41, 5.74) is 1.09. The second kappa shape index (κ2) is 11.2. The zero-order valence-corrected chi connectivity index (χ0v) is 16.7. The summed E-state index contributed by atoms with van der Waals surface area (Å²) in [6, 6.07) is 13.7. The summed E-state index contributed by atoms with van der Waals surface area (Å²) in [4.78, 5) is 0. The van der Waals surface area contributed by atoms with E-state index in [0.29, 0.717) is 13.2 Å². The molecule has 2 aromatic rings. The summed E-state index contributed by atoms with van der Waals surface area (Å²) in [6.07, 6.45) is 5.95. The van der Waals surface area contributed by atoms with Crippen LogP contribution in [0.1, 0.15) is 39.2 Å². The van der Waals surface area contributed by atoms with Crippen molar-refractivity contribution in [1.82, 2.24) is 0 Å². The van der Waals surface area contributed by atoms with Gasteiger partial charge in [0, 0.05) is 0 Å². The van der Waals surface area contributed by atoms with E-state index in [0.717, 1.165) is 41.4 Å². The molecule has 0 aliphatic rings. The van der Waals surface area contributed by atoms with E-state index in [9.17, 15) is 0 Å². The van der Waals surface area contributed by atoms with Crippen LogP contribution in [0.4, 0.5) is 0 Å². The van der Waals surface area contributed by atoms with Crippen LogP contribution in [0.5, 0.6) is 23.0 Å². The first kappa shape index (κ1) is 20.7. The minimum atomic E-state index is 0.123. The molecule has 0 aliphatic heterocycles. The average molecular weight is 370 g/mol. The Bertz CT molecular complexity index is 722. The van der Waals surface area contributed by atoms with Crippen LogP contribution >= 0.6 is 0 Å². The maximum Gasteiger partial charge on any atom is 0.161 e. The quantitative estimate of drug-likeness (QED) is 0.472. The average Bonchev–Trinajstić information content (AvgIpc) is 2.66. The Hall–Kier alpha value is -2.62. The van der Waals surface area contributed by atoms with Crippen molar-refractivity contribution in [1.29, 1.82) is 0 Å². The van der Waals surface area contributed by atoms with E-state index in [4.69, 9.17) is 18.9 Å². The molecule has 0 saturated heterocycles. The highest BCUT2D eigenvalue weighted by Crippen LogP contribution is 2.29. The van der Waals surface area contributed by atoms with E-state index in [1.54, 1.807) is 7.11 Å². The fraction of sp³-hybridized carbons (Fsp3) is 0.391. The van der Waals surface area contributed by atoms with E-state index in [1.807, 2.05) is 75.4 Å². The summed E-state index contributed by atoms with van der Waals surface area (Å²) in [7, 11) is 1.66. The molecule has 27 heavy (non-hydrogen) atoms. The monoisotopic (exact) mass is 370 g/mol. The van der Waals surface area contributed by atoms with Gasteiger partial charge < -0.3 is 18.9 Å². The van der Waals surface area contributed by atoms with Crippen LogP contribution in [-0.4, -0.2) is 26.4 Å². The van der Waals surface area contributed by atoms with Crippen LogP contribution < -0.4 is 18.9 Å². The predicted molar refractivity (Wildman–Crippen MR) is 110 cm³/mol. The molecule has 0 bridgehead atoms. The molecule has 0 amide bonds. The number of unbranched alkanes of at least 4 members (excludes halogenated alkanes) is 1. The van der Waals surface area contributed by atoms with E-state index in [2.05, 4.69) is 0 Å². The first-order chi connectivity index (χ1) is 13.1. The molecule has 0 heterocycles. The van der Waals surface area contributed by atoms with Gasteiger partial charge in [0.25, 0.3) is 0 Å². The Morgan fingerprint density at radius 2 is 1.48 bits per heavy atom. The third kappa shape index (κ3) is 6.89. The molecule has 4 heteroatoms. The van der Waals surface area contributed by atoms with Gasteiger partial charge in [-0.2, -0.15) is 0 Å². The molecule has 0 atom stereocenters. The van der Waals surface area contributed by atoms with Crippen LogP contribution in [0.2, 0.25) is 0 Å². The summed E-state index contributed by atoms with van der Waals surface area (Å²) in [5.74, 6) is 3.09. The largest absolute Gasteiger partial charge is 0.493 e. The van der Waals surface area contributed by atoms with Gasteiger partial charge in [0.05, 0.1) is 26.4 Å². The van der Waals surface area contributed by atoms with Crippen LogP contribution in [0.3, 0.4) is 0 Å². The third-order valence-electron chi connectivity index (χ3n) is 3.81. The van der Waals surface area contributed by atoms with Gasteiger partial charge in [0.1, 0.15) is 0 Å². The van der Waals surface area contributed by atoms with Crippen molar-refractivity contribution in [2.75, 3.05) is 20.3 Å². The zero-order chi connectivity index (χ0) is 19.5. The second-order valence-electron chi connectivity index (χ2n) is 6.43. The maximum absolute atomic E-state index is 5.86. The molecule has 0 saturated carbocycles. The van der Waals surface area contributed by atoms with Gasteiger partial charge in [0.2, 0.25) is 0 Å². The Kier molecular flexibility index (Phi) is 8.56. The Balaban J connectivity index is 1.75. The molecule has 2 aromatic carbocycles. The summed E-state index contributed by atoms with van der Waals surface area (Å²) in [5, 5.41) is 0. The van der Waals surface area contributed by atoms with E-state index in [1.165, 1.54) is 0 Å². The highest BCUT2D eigenvalue weighted by molar-refractivity contribution is 5.55. The van der Waals surface area contributed by atoms with Gasteiger partial charge in [-0.15, -0.1) is 0 Å². The molecule has 0 radical (unpaired) electrons. The number of benzene rings is 2. The van der Waals surface area contributed by atoms with Crippen molar-refractivity contribution in [3.63, 3.8) is 0 Å². The molecule has 2 rings (SSSR count). The van der Waals surface area contributed by atoms with Crippen LogP contribution in [0.15, 0.2) is 48.5 Å². The standard InChI is InChI=1S/C23H30O4/c1-5-10-19-13-14-21(23(17-19)24-4)26-16-9-8-15-25-20-11-6-7-12-22(20)27-18(2)3/h5-7,10-14,17-18H,8-9,15-16H2,1-4H3. The Labute approximate surface area is 162 Å². The van der Waals surface area contributed by atoms with Crippen molar-refractivity contribution in [3.8, 4) is 23.0 Å². The summed E-state index contributed by atoms with van der Waals surface area (Å²) < 4.78 is 22.9. The molecule has 0 unspecified atom stereocenters. The fourth-order valence-electron chi connectivity index (χ4n) is 2.59. The number of rotatable bonds is 11. The SMILES string of the molecule is CC=Cc1ccc(OCCCCOc2ccccc2OC(C)C)c(OC)c1. The number of allylic oxidation sites excluding steroid dienone is 1. The van der Waals surface area contributed by atoms with E-state index >= 15 is 0 Å². The highest BCUT2D eigenvalue weighted by atomic mass is 16.5. The second-order valence-corrected chi connectivity index (χ2v) is 6.43. The van der Waals surface area contributed by atoms with Crippen LogP contribution in [-0.2, 0) is 0 Å². The van der Waals surface area contributed by atoms with Gasteiger partial charge in [-0.1, -0.05) is 30.4 Å². The molecule has 0 fully saturated rings. The van der Waals surface area contributed by atoms with Gasteiger partial charge in [-0.05, 0) is 63.4 Å². The smallest absolute Gasteiger partial charge is 0.161 e. The zero-order valence-electron chi connectivity index (χ0n) is 16.7. The lowest BCUT2D eigenvalue weighted by molar-refractivity contribution is 0.216. The third-order valence-corrected chi connectivity index (χ3v) is 3.81. The minimum absolute atomic E-state index is 0.123. The first-order valence-electron chi connectivity index (χ1n) is 9.46. The maximum atomic E-state index is 5.86. The predicted octanol–water partition coefficient (Wildman–Crippen LogP) is 5.75. The number of methoxy groups -OCH3 is 1. The topological polar surface area (TPSA) is 36.9 Å². The van der Waals surface area contributed by atoms with Crippen LogP contribution in [0, 0.1) is 0 Å². The number of hydrogen-bond acceptors (Lipinski definition) is 4. The van der Waals surface area contributed by atoms with Crippen molar-refractivity contribution >= 4 is 6.08 Å². The number of para-hydroxylation sites is 2. The van der Waals surface area contributed by atoms with E-state index in [-0.39, 0.29) is 6.10 Å². The minimum Gasteiger partial charge on any atom is -0.493 e. The van der Waals surface area contributed by atoms with Crippen molar-refractivity contribution in [3.05, 3.63) is 54.1 Å². The molecule has 0 aliphatic carbocycles. The van der Waals surface area contributed by atoms with Crippen molar-refractivity contribution in [2.45, 2.75) is 39.7 Å². The number of hydrogen-bond donors (Lipinski definition) is 0. The highest BCUT2D eigenvalue weighted by Gasteiger charge is 2.07. The lowest BCUT2D eigenvalue weighted by Gasteiger charge is -2.15. The molecule has 4 nitrogen and oxygen atoms in total. The normalized spacial score (nSPS) is 11.0. The van der Waals surface area contributed by atoms with Gasteiger partial charge >= 0.3 is 0 Å². The molecule has 0 aromatic heterocycles. The fourth-order valence-corrected chi connectivity index (χ4v) is 2.59. The molecule has 0 spiro atoms. The molecule has 0 N–H and O–H groups in total. The summed E-state index contributed by atoms with van der Waals surface area (Å²) >= 11 is 0. The van der Waals surface area contributed by atoms with Gasteiger partial charge in [-0.25, -0.2) is 0 Å². The summed E-state index contributed by atoms with van der Waals surface area (Å²) in [6.45, 7) is 7.25. The molecule has 146 valence electrons. The lowest BCUT2D eigenvalue weighted by Crippen LogP contribution is -2.08. The van der Waals surface area contributed by atoms with Crippen molar-refractivity contribution < 1.29 is 18.9 Å². The Morgan fingerprint density at radius 1 is 0.852 bits per heavy atom. The first-order valence-corrected chi connectivity index (χ1v) is 9.46. The van der Waals surface area contributed by atoms with Crippen molar-refractivity contribution in [2.24, 2.45) is 0 Å². The molecular formula is C23H30O4.